The number of H-pyrrole nitrogens is 1. The highest BCUT2D eigenvalue weighted by molar-refractivity contribution is 8.00. The van der Waals surface area contributed by atoms with E-state index in [1.54, 1.807) is 0 Å². The number of carboxylic acid groups (broad SMARTS) is 1. The maximum Gasteiger partial charge on any atom is 0.350 e. The molecular weight excluding hydrogens is 792 g/mol. The predicted molar refractivity (Wildman–Crippen MR) is 201 cm³/mol. The van der Waals surface area contributed by atoms with Crippen molar-refractivity contribution in [3.05, 3.63) is 75.9 Å². The molecule has 0 bridgehead atoms. The van der Waals surface area contributed by atoms with Gasteiger partial charge in [-0.05, 0) is 42.5 Å². The molecule has 8 N–H and O–H groups in total. The van der Waals surface area contributed by atoms with Crippen LogP contribution in [0, 0.1) is 0 Å². The number of β-lactam (4-membered cyclic amide) rings is 1. The second-order valence-electron chi connectivity index (χ2n) is 13.0. The van der Waals surface area contributed by atoms with E-state index in [1.807, 2.05) is 39.9 Å². The molecule has 0 aliphatic carbocycles. The molecule has 2 aliphatic rings. The number of nitrogens with two attached hydrogens (primary N) is 1. The molecule has 1 saturated heterocycles. The lowest BCUT2D eigenvalue weighted by molar-refractivity contribution is -0.687. The maximum atomic E-state index is 13.8. The molecule has 23 heteroatoms. The number of tetrazole rings is 1. The monoisotopic (exact) mass is 823 g/mol. The van der Waals surface area contributed by atoms with Gasteiger partial charge in [0.05, 0.1) is 27.2 Å². The Balaban J connectivity index is 1.06. The third-order valence-corrected chi connectivity index (χ3v) is 11.3. The van der Waals surface area contributed by atoms with Crippen LogP contribution in [0.15, 0.2) is 59.0 Å². The molecule has 7 rings (SSSR count). The van der Waals surface area contributed by atoms with Gasteiger partial charge in [-0.3, -0.25) is 19.3 Å². The predicted octanol–water partition coefficient (Wildman–Crippen LogP) is 1.07. The van der Waals surface area contributed by atoms with Crippen LogP contribution in [0.25, 0.3) is 16.6 Å². The van der Waals surface area contributed by atoms with Crippen LogP contribution in [0.3, 0.4) is 0 Å². The molecule has 0 saturated carbocycles. The summed E-state index contributed by atoms with van der Waals surface area (Å²) in [5, 5.41) is 54.2. The SMILES string of the molecule is CC(C)(O/N=C(\C(=O)N[C@@H]1C(=O)N2C(c3nnn[nH]3)=C(C[n+]3ccc4c(ccn4CCNC(=O)c4ccc(O)c(O)c4Cl)c3)CS[C@H]12)c1csc(N)n1)C(=O)O. The second-order valence-corrected chi connectivity index (χ2v) is 15.4. The number of hydrogen-bond acceptors (Lipinski definition) is 15. The molecule has 0 radical (unpaired) electrons. The number of carboxylic acids is 1. The first-order chi connectivity index (χ1) is 26.7. The van der Waals surface area contributed by atoms with E-state index in [2.05, 4.69) is 41.4 Å². The molecule has 3 amide bonds. The molecule has 20 nitrogen and oxygen atoms in total. The summed E-state index contributed by atoms with van der Waals surface area (Å²) < 4.78 is 3.92. The number of halogens is 1. The smallest absolute Gasteiger partial charge is 0.350 e. The molecule has 290 valence electrons. The Morgan fingerprint density at radius 3 is 2.75 bits per heavy atom. The van der Waals surface area contributed by atoms with Gasteiger partial charge in [0.2, 0.25) is 5.60 Å². The van der Waals surface area contributed by atoms with E-state index in [9.17, 15) is 34.5 Å². The summed E-state index contributed by atoms with van der Waals surface area (Å²) in [6, 6.07) is 5.40. The lowest BCUT2D eigenvalue weighted by atomic mass is 10.0. The number of aromatic amines is 1. The lowest BCUT2D eigenvalue weighted by Gasteiger charge is -2.49. The van der Waals surface area contributed by atoms with Crippen LogP contribution in [0.1, 0.15) is 35.7 Å². The molecular formula is C33H32ClN12O8S2+. The standard InChI is InChI=1S/C33H31ClN12O8S2/c1-33(2,31(52)53)54-41-22(18-14-56-32(35)37-18)28(50)38-23-29(51)46-24(26-39-42-43-40-26)16(13-55-30(23)46)12-44-8-6-19-15(11-44)5-9-45(19)10-7-36-27(49)17-3-4-20(47)25(48)21(17)34/h3-6,8-9,11,14,23,30H,7,10,12-13H2,1-2H3,(H7-,35,36,37,38,39,40,41,42,43,47,48,49,50,52,53)/p+1/t23-,30-/m1/s1. The number of rotatable bonds is 13. The number of hydrogen-bond donors (Lipinski definition) is 7. The van der Waals surface area contributed by atoms with Crippen molar-refractivity contribution in [1.82, 2.24) is 45.7 Å². The van der Waals surface area contributed by atoms with Gasteiger partial charge in [-0.15, -0.1) is 28.2 Å². The van der Waals surface area contributed by atoms with Crippen LogP contribution in [-0.2, 0) is 32.3 Å². The minimum Gasteiger partial charge on any atom is -0.504 e. The van der Waals surface area contributed by atoms with Gasteiger partial charge in [0.25, 0.3) is 17.7 Å². The fraction of sp³-hybridized carbons (Fsp3) is 0.273. The highest BCUT2D eigenvalue weighted by Gasteiger charge is 2.54. The number of phenols is 2. The van der Waals surface area contributed by atoms with Gasteiger partial charge in [-0.1, -0.05) is 16.8 Å². The summed E-state index contributed by atoms with van der Waals surface area (Å²) in [6.45, 7) is 3.59. The van der Waals surface area contributed by atoms with Crippen molar-refractivity contribution in [3.63, 3.8) is 0 Å². The summed E-state index contributed by atoms with van der Waals surface area (Å²) in [6.07, 6.45) is 5.72. The number of aromatic nitrogens is 7. The number of benzene rings is 1. The van der Waals surface area contributed by atoms with Crippen molar-refractivity contribution in [2.24, 2.45) is 5.16 Å². The molecule has 1 fully saturated rings. The number of aliphatic carboxylic acids is 1. The van der Waals surface area contributed by atoms with Gasteiger partial charge in [0.15, 0.2) is 47.1 Å². The zero-order valence-corrected chi connectivity index (χ0v) is 31.7. The summed E-state index contributed by atoms with van der Waals surface area (Å²) in [4.78, 5) is 62.4. The minimum atomic E-state index is -1.76. The average Bonchev–Trinajstić information content (AvgIpc) is 3.95. The number of pyridine rings is 1. The molecule has 6 heterocycles. The highest BCUT2D eigenvalue weighted by atomic mass is 35.5. The number of thiazole rings is 1. The Bertz CT molecular complexity index is 2450. The number of carbonyl (C=O) groups is 4. The number of amides is 3. The summed E-state index contributed by atoms with van der Waals surface area (Å²) in [5.41, 5.74) is 5.96. The number of aromatic hydroxyl groups is 2. The zero-order valence-electron chi connectivity index (χ0n) is 29.3. The van der Waals surface area contributed by atoms with E-state index in [0.29, 0.717) is 24.5 Å². The molecule has 2 aliphatic heterocycles. The van der Waals surface area contributed by atoms with Crippen LogP contribution < -0.4 is 20.9 Å². The summed E-state index contributed by atoms with van der Waals surface area (Å²) in [5.74, 6) is -3.32. The molecule has 2 atom stereocenters. The van der Waals surface area contributed by atoms with Crippen LogP contribution in [-0.4, -0.2) is 109 Å². The third-order valence-electron chi connectivity index (χ3n) is 8.88. The van der Waals surface area contributed by atoms with Crippen LogP contribution in [0.5, 0.6) is 11.5 Å². The molecule has 56 heavy (non-hydrogen) atoms. The summed E-state index contributed by atoms with van der Waals surface area (Å²) >= 11 is 8.50. The van der Waals surface area contributed by atoms with E-state index in [1.165, 1.54) is 48.0 Å². The van der Waals surface area contributed by atoms with Gasteiger partial charge in [-0.2, -0.15) is 0 Å². The average molecular weight is 824 g/mol. The number of nitrogens with one attached hydrogen (secondary N) is 3. The quantitative estimate of drug-likeness (QED) is 0.0288. The number of nitrogen functional groups attached to an aromatic ring is 1. The fourth-order valence-electron chi connectivity index (χ4n) is 5.92. The first-order valence-electron chi connectivity index (χ1n) is 16.6. The van der Waals surface area contributed by atoms with Crippen molar-refractivity contribution in [1.29, 1.82) is 0 Å². The minimum absolute atomic E-state index is 0.0352. The Hall–Kier alpha value is -6.26. The lowest BCUT2D eigenvalue weighted by Crippen LogP contribution is -2.70. The van der Waals surface area contributed by atoms with Gasteiger partial charge in [0.1, 0.15) is 17.1 Å². The Morgan fingerprint density at radius 1 is 1.23 bits per heavy atom. The van der Waals surface area contributed by atoms with Gasteiger partial charge >= 0.3 is 5.97 Å². The van der Waals surface area contributed by atoms with Crippen molar-refractivity contribution < 1.29 is 43.9 Å². The van der Waals surface area contributed by atoms with Gasteiger partial charge < -0.3 is 41.1 Å². The van der Waals surface area contributed by atoms with Crippen molar-refractivity contribution in [3.8, 4) is 11.5 Å². The number of thioether (sulfide) groups is 1. The number of phenolic OH excluding ortho intramolecular Hbond substituents is 2. The second kappa shape index (κ2) is 15.1. The van der Waals surface area contributed by atoms with Gasteiger partial charge in [0, 0.05) is 42.1 Å². The molecule has 4 aromatic heterocycles. The maximum absolute atomic E-state index is 13.8. The van der Waals surface area contributed by atoms with Crippen LogP contribution in [0.4, 0.5) is 5.13 Å². The zero-order chi connectivity index (χ0) is 39.9. The number of carbonyl (C=O) groups excluding carboxylic acids is 3. The van der Waals surface area contributed by atoms with E-state index in [-0.39, 0.29) is 39.5 Å². The van der Waals surface area contributed by atoms with Gasteiger partial charge in [-0.25, -0.2) is 19.4 Å². The van der Waals surface area contributed by atoms with E-state index in [4.69, 9.17) is 22.2 Å². The normalized spacial score (nSPS) is 17.1. The number of oxime groups is 1. The van der Waals surface area contributed by atoms with Crippen molar-refractivity contribution in [2.75, 3.05) is 18.0 Å². The topological polar surface area (TPSA) is 280 Å². The molecule has 0 spiro atoms. The van der Waals surface area contributed by atoms with E-state index < -0.39 is 52.2 Å². The Morgan fingerprint density at radius 2 is 2.04 bits per heavy atom. The van der Waals surface area contributed by atoms with Crippen LogP contribution in [0.2, 0.25) is 5.02 Å². The highest BCUT2D eigenvalue weighted by Crippen LogP contribution is 2.43. The first kappa shape index (κ1) is 38.0. The molecule has 0 unspecified atom stereocenters. The van der Waals surface area contributed by atoms with Crippen molar-refractivity contribution >= 4 is 85.8 Å². The van der Waals surface area contributed by atoms with Crippen molar-refractivity contribution in [2.45, 2.75) is 44.0 Å². The molecule has 1 aromatic carbocycles. The number of nitrogens with zero attached hydrogens (tertiary/aromatic N) is 8. The van der Waals surface area contributed by atoms with Crippen LogP contribution >= 0.6 is 34.7 Å². The van der Waals surface area contributed by atoms with E-state index >= 15 is 0 Å². The third kappa shape index (κ3) is 7.27. The Labute approximate surface area is 329 Å². The Kier molecular flexibility index (Phi) is 10.3. The fourth-order valence-corrected chi connectivity index (χ4v) is 8.05. The molecule has 5 aromatic rings. The largest absolute Gasteiger partial charge is 0.504 e. The number of fused-ring (bicyclic) bond motifs is 2. The first-order valence-corrected chi connectivity index (χ1v) is 18.9. The summed E-state index contributed by atoms with van der Waals surface area (Å²) in [7, 11) is 0. The number of anilines is 1. The van der Waals surface area contributed by atoms with E-state index in [0.717, 1.165) is 27.8 Å².